The first kappa shape index (κ1) is 15.3. The monoisotopic (exact) mass is 326 g/mol. The molecule has 0 saturated carbocycles. The molecular formula is C18H22N4O2. The summed E-state index contributed by atoms with van der Waals surface area (Å²) in [5.41, 5.74) is 0.521. The fourth-order valence-corrected chi connectivity index (χ4v) is 3.85. The minimum atomic E-state index is -0.148. The average Bonchev–Trinajstić information content (AvgIpc) is 2.64. The second-order valence-corrected chi connectivity index (χ2v) is 6.72. The van der Waals surface area contributed by atoms with Crippen LogP contribution in [0.3, 0.4) is 0 Å². The number of piperazine rings is 1. The van der Waals surface area contributed by atoms with E-state index in [-0.39, 0.29) is 18.0 Å². The number of aromatic nitrogens is 2. The third-order valence-corrected chi connectivity index (χ3v) is 5.23. The van der Waals surface area contributed by atoms with E-state index < -0.39 is 0 Å². The first-order valence-electron chi connectivity index (χ1n) is 8.68. The zero-order valence-electron chi connectivity index (χ0n) is 13.7. The average molecular weight is 326 g/mol. The highest BCUT2D eigenvalue weighted by Gasteiger charge is 2.31. The maximum atomic E-state index is 12.7. The Labute approximate surface area is 140 Å². The maximum Gasteiger partial charge on any atom is 0.261 e. The van der Waals surface area contributed by atoms with Gasteiger partial charge in [-0.1, -0.05) is 18.6 Å². The molecule has 2 aliphatic rings. The highest BCUT2D eigenvalue weighted by molar-refractivity contribution is 5.79. The quantitative estimate of drug-likeness (QED) is 0.829. The summed E-state index contributed by atoms with van der Waals surface area (Å²) < 4.78 is 1.43. The summed E-state index contributed by atoms with van der Waals surface area (Å²) in [5.74, 6) is 0.0133. The molecular weight excluding hydrogens is 304 g/mol. The van der Waals surface area contributed by atoms with E-state index in [1.165, 1.54) is 30.2 Å². The minimum absolute atomic E-state index is 0.0133. The lowest BCUT2D eigenvalue weighted by molar-refractivity contribution is -0.135. The van der Waals surface area contributed by atoms with Gasteiger partial charge in [0.25, 0.3) is 5.56 Å². The van der Waals surface area contributed by atoms with Crippen LogP contribution in [0.5, 0.6) is 0 Å². The predicted octanol–water partition coefficient (Wildman–Crippen LogP) is 1.09. The van der Waals surface area contributed by atoms with Crippen LogP contribution >= 0.6 is 0 Å². The van der Waals surface area contributed by atoms with Gasteiger partial charge in [0.2, 0.25) is 5.91 Å². The molecule has 3 heterocycles. The van der Waals surface area contributed by atoms with E-state index in [1.807, 2.05) is 23.1 Å². The zero-order chi connectivity index (χ0) is 16.5. The number of rotatable bonds is 2. The highest BCUT2D eigenvalue weighted by atomic mass is 16.2. The van der Waals surface area contributed by atoms with Gasteiger partial charge in [-0.25, -0.2) is 4.98 Å². The lowest BCUT2D eigenvalue weighted by Gasteiger charge is -2.44. The van der Waals surface area contributed by atoms with Gasteiger partial charge in [-0.3, -0.25) is 19.1 Å². The molecule has 0 spiro atoms. The van der Waals surface area contributed by atoms with Crippen molar-refractivity contribution in [1.82, 2.24) is 19.4 Å². The Morgan fingerprint density at radius 3 is 2.96 bits per heavy atom. The van der Waals surface area contributed by atoms with Crippen LogP contribution in [0, 0.1) is 0 Å². The number of carbonyl (C=O) groups is 1. The van der Waals surface area contributed by atoms with E-state index in [9.17, 15) is 9.59 Å². The van der Waals surface area contributed by atoms with Crippen molar-refractivity contribution in [3.63, 3.8) is 0 Å². The highest BCUT2D eigenvalue weighted by Crippen LogP contribution is 2.21. The van der Waals surface area contributed by atoms with Crippen molar-refractivity contribution in [3.8, 4) is 0 Å². The molecule has 1 amide bonds. The number of benzene rings is 1. The number of piperidine rings is 1. The summed E-state index contributed by atoms with van der Waals surface area (Å²) in [4.78, 5) is 33.9. The molecule has 0 aliphatic carbocycles. The van der Waals surface area contributed by atoms with Crippen LogP contribution in [0.1, 0.15) is 19.3 Å². The van der Waals surface area contributed by atoms with Gasteiger partial charge in [0.15, 0.2) is 0 Å². The molecule has 1 aromatic carbocycles. The van der Waals surface area contributed by atoms with Crippen LogP contribution in [-0.4, -0.2) is 57.5 Å². The molecule has 0 N–H and O–H groups in total. The van der Waals surface area contributed by atoms with Crippen molar-refractivity contribution in [2.24, 2.45) is 0 Å². The zero-order valence-corrected chi connectivity index (χ0v) is 13.7. The molecule has 4 rings (SSSR count). The molecule has 126 valence electrons. The number of hydrogen-bond donors (Lipinski definition) is 0. The van der Waals surface area contributed by atoms with Gasteiger partial charge in [-0.2, -0.15) is 0 Å². The van der Waals surface area contributed by atoms with Gasteiger partial charge in [-0.05, 0) is 31.5 Å². The van der Waals surface area contributed by atoms with Crippen LogP contribution in [0.4, 0.5) is 0 Å². The number of carbonyl (C=O) groups excluding carboxylic acids is 1. The van der Waals surface area contributed by atoms with Crippen LogP contribution in [-0.2, 0) is 11.3 Å². The lowest BCUT2D eigenvalue weighted by atomic mass is 9.99. The van der Waals surface area contributed by atoms with Crippen LogP contribution in [0.25, 0.3) is 10.9 Å². The number of fused-ring (bicyclic) bond motifs is 2. The van der Waals surface area contributed by atoms with E-state index in [4.69, 9.17) is 0 Å². The van der Waals surface area contributed by atoms with E-state index in [2.05, 4.69) is 9.88 Å². The Hall–Kier alpha value is -2.21. The normalized spacial score (nSPS) is 21.7. The second-order valence-electron chi connectivity index (χ2n) is 6.72. The largest absolute Gasteiger partial charge is 0.338 e. The van der Waals surface area contributed by atoms with Gasteiger partial charge in [0.05, 0.1) is 17.2 Å². The van der Waals surface area contributed by atoms with Crippen LogP contribution < -0.4 is 5.56 Å². The summed E-state index contributed by atoms with van der Waals surface area (Å²) in [6.45, 7) is 3.71. The van der Waals surface area contributed by atoms with Gasteiger partial charge in [-0.15, -0.1) is 0 Å². The molecule has 2 saturated heterocycles. The number of nitrogens with zero attached hydrogens (tertiary/aromatic N) is 4. The third-order valence-electron chi connectivity index (χ3n) is 5.23. The second kappa shape index (κ2) is 6.36. The Morgan fingerprint density at radius 1 is 1.17 bits per heavy atom. The fraction of sp³-hybridized carbons (Fsp3) is 0.500. The fourth-order valence-electron chi connectivity index (χ4n) is 3.85. The Balaban J connectivity index is 1.50. The van der Waals surface area contributed by atoms with Gasteiger partial charge in [0, 0.05) is 25.7 Å². The first-order chi connectivity index (χ1) is 11.7. The summed E-state index contributed by atoms with van der Waals surface area (Å²) in [7, 11) is 0. The number of para-hydroxylation sites is 1. The topological polar surface area (TPSA) is 58.4 Å². The molecule has 1 atom stereocenters. The lowest BCUT2D eigenvalue weighted by Crippen LogP contribution is -2.56. The van der Waals surface area contributed by atoms with Crippen LogP contribution in [0.2, 0.25) is 0 Å². The molecule has 0 radical (unpaired) electrons. The number of amides is 1. The van der Waals surface area contributed by atoms with E-state index >= 15 is 0 Å². The SMILES string of the molecule is O=C(Cn1cnc2ccccc2c1=O)N1CCN2CCCCC2C1. The van der Waals surface area contributed by atoms with Crippen molar-refractivity contribution in [2.45, 2.75) is 31.8 Å². The molecule has 0 bridgehead atoms. The molecule has 2 aliphatic heterocycles. The Bertz CT molecular complexity index is 816. The van der Waals surface area contributed by atoms with Gasteiger partial charge >= 0.3 is 0 Å². The van der Waals surface area contributed by atoms with Crippen molar-refractivity contribution in [2.75, 3.05) is 26.2 Å². The van der Waals surface area contributed by atoms with Crippen molar-refractivity contribution in [1.29, 1.82) is 0 Å². The summed E-state index contributed by atoms with van der Waals surface area (Å²) in [6.07, 6.45) is 5.17. The van der Waals surface area contributed by atoms with Crippen LogP contribution in [0.15, 0.2) is 35.4 Å². The van der Waals surface area contributed by atoms with Gasteiger partial charge in [0.1, 0.15) is 6.54 Å². The minimum Gasteiger partial charge on any atom is -0.338 e. The Morgan fingerprint density at radius 2 is 2.04 bits per heavy atom. The van der Waals surface area contributed by atoms with Crippen molar-refractivity contribution >= 4 is 16.8 Å². The third kappa shape index (κ3) is 2.82. The number of hydrogen-bond acceptors (Lipinski definition) is 4. The predicted molar refractivity (Wildman–Crippen MR) is 91.8 cm³/mol. The molecule has 2 aromatic rings. The standard InChI is InChI=1S/C18H22N4O2/c23-17(21-10-9-20-8-4-3-5-14(20)11-21)12-22-13-19-16-7-2-1-6-15(16)18(22)24/h1-2,6-7,13-14H,3-5,8-12H2. The van der Waals surface area contributed by atoms with Gasteiger partial charge < -0.3 is 4.90 Å². The maximum absolute atomic E-state index is 12.7. The molecule has 2 fully saturated rings. The van der Waals surface area contributed by atoms with E-state index in [0.29, 0.717) is 16.9 Å². The smallest absolute Gasteiger partial charge is 0.261 e. The molecule has 24 heavy (non-hydrogen) atoms. The molecule has 1 aromatic heterocycles. The summed E-state index contributed by atoms with van der Waals surface area (Å²) in [5, 5.41) is 0.560. The van der Waals surface area contributed by atoms with E-state index in [1.54, 1.807) is 6.07 Å². The molecule has 6 nitrogen and oxygen atoms in total. The summed E-state index contributed by atoms with van der Waals surface area (Å²) >= 11 is 0. The summed E-state index contributed by atoms with van der Waals surface area (Å²) in [6, 6.07) is 7.73. The van der Waals surface area contributed by atoms with E-state index in [0.717, 1.165) is 26.2 Å². The van der Waals surface area contributed by atoms with Crippen molar-refractivity contribution < 1.29 is 4.79 Å². The molecule has 1 unspecified atom stereocenters. The Kier molecular flexibility index (Phi) is 4.06. The molecule has 6 heteroatoms. The first-order valence-corrected chi connectivity index (χ1v) is 8.68. The van der Waals surface area contributed by atoms with Crippen molar-refractivity contribution in [3.05, 3.63) is 40.9 Å².